The number of hydrogen-bond acceptors (Lipinski definition) is 2. The fourth-order valence-corrected chi connectivity index (χ4v) is 5.03. The zero-order valence-corrected chi connectivity index (χ0v) is 19.3. The lowest BCUT2D eigenvalue weighted by Crippen LogP contribution is -2.45. The molecule has 0 saturated heterocycles. The van der Waals surface area contributed by atoms with E-state index in [1.165, 1.54) is 42.4 Å². The van der Waals surface area contributed by atoms with Crippen molar-refractivity contribution < 1.29 is 4.74 Å². The maximum Gasteiger partial charge on any atom is 0.119 e. The highest BCUT2D eigenvalue weighted by atomic mass is 35.5. The van der Waals surface area contributed by atoms with Gasteiger partial charge in [-0.2, -0.15) is 0 Å². The van der Waals surface area contributed by atoms with Crippen molar-refractivity contribution in [1.82, 2.24) is 5.32 Å². The second-order valence-electron chi connectivity index (χ2n) is 8.16. The zero-order valence-electron chi connectivity index (χ0n) is 17.8. The molecule has 158 valence electrons. The Kier molecular flexibility index (Phi) is 8.29. The number of nitrogens with one attached hydrogen (secondary N) is 1. The van der Waals surface area contributed by atoms with Crippen molar-refractivity contribution in [2.45, 2.75) is 64.3 Å². The molecule has 1 aliphatic carbocycles. The summed E-state index contributed by atoms with van der Waals surface area (Å²) < 4.78 is 5.54. The van der Waals surface area contributed by atoms with Crippen LogP contribution in [0.2, 0.25) is 10.0 Å². The smallest absolute Gasteiger partial charge is 0.119 e. The van der Waals surface area contributed by atoms with Crippen molar-refractivity contribution in [1.29, 1.82) is 0 Å². The largest absolute Gasteiger partial charge is 0.497 e. The average molecular weight is 434 g/mol. The normalized spacial score (nSPS) is 21.1. The monoisotopic (exact) mass is 433 g/mol. The first-order valence-electron chi connectivity index (χ1n) is 10.9. The van der Waals surface area contributed by atoms with Crippen LogP contribution in [0, 0.1) is 5.92 Å². The molecule has 3 atom stereocenters. The molecule has 2 aromatic rings. The van der Waals surface area contributed by atoms with E-state index >= 15 is 0 Å². The molecule has 0 heterocycles. The Balaban J connectivity index is 1.78. The van der Waals surface area contributed by atoms with Crippen LogP contribution < -0.4 is 10.1 Å². The predicted molar refractivity (Wildman–Crippen MR) is 125 cm³/mol. The summed E-state index contributed by atoms with van der Waals surface area (Å²) >= 11 is 12.2. The number of methoxy groups -OCH3 is 1. The Bertz CT molecular complexity index is 807. The summed E-state index contributed by atoms with van der Waals surface area (Å²) in [7, 11) is 1.76. The van der Waals surface area contributed by atoms with Crippen LogP contribution >= 0.6 is 23.2 Å². The van der Waals surface area contributed by atoms with E-state index in [-0.39, 0.29) is 0 Å². The summed E-state index contributed by atoms with van der Waals surface area (Å²) in [4.78, 5) is 0. The van der Waals surface area contributed by atoms with Crippen LogP contribution in [0.3, 0.4) is 0 Å². The Morgan fingerprint density at radius 1 is 1.07 bits per heavy atom. The van der Waals surface area contributed by atoms with E-state index < -0.39 is 0 Å². The minimum Gasteiger partial charge on any atom is -0.497 e. The third kappa shape index (κ3) is 5.48. The summed E-state index contributed by atoms with van der Waals surface area (Å²) in [6, 6.07) is 13.1. The summed E-state index contributed by atoms with van der Waals surface area (Å²) in [6.45, 7) is 5.55. The highest BCUT2D eigenvalue weighted by molar-refractivity contribution is 6.42. The molecule has 0 radical (unpaired) electrons. The second-order valence-corrected chi connectivity index (χ2v) is 8.98. The zero-order chi connectivity index (χ0) is 20.8. The number of unbranched alkanes of at least 4 members (excludes halogenated alkanes) is 1. The minimum atomic E-state index is 0.494. The second kappa shape index (κ2) is 10.7. The lowest BCUT2D eigenvalue weighted by atomic mass is 9.70. The van der Waals surface area contributed by atoms with E-state index in [0.29, 0.717) is 27.9 Å². The molecule has 0 spiro atoms. The number of benzene rings is 2. The van der Waals surface area contributed by atoms with Crippen LogP contribution in [-0.4, -0.2) is 19.7 Å². The quantitative estimate of drug-likeness (QED) is 0.456. The number of halogens is 2. The first-order chi connectivity index (χ1) is 14.1. The van der Waals surface area contributed by atoms with Crippen LogP contribution in [0.5, 0.6) is 5.75 Å². The van der Waals surface area contributed by atoms with Crippen LogP contribution in [0.1, 0.15) is 62.1 Å². The van der Waals surface area contributed by atoms with Gasteiger partial charge in [-0.25, -0.2) is 0 Å². The number of hydrogen-bond donors (Lipinski definition) is 1. The van der Waals surface area contributed by atoms with E-state index in [0.717, 1.165) is 25.1 Å². The van der Waals surface area contributed by atoms with E-state index in [2.05, 4.69) is 43.4 Å². The molecule has 0 saturated carbocycles. The van der Waals surface area contributed by atoms with Crippen LogP contribution in [0.25, 0.3) is 0 Å². The molecule has 2 nitrogen and oxygen atoms in total. The van der Waals surface area contributed by atoms with Gasteiger partial charge in [0.25, 0.3) is 0 Å². The van der Waals surface area contributed by atoms with Gasteiger partial charge in [0.15, 0.2) is 0 Å². The summed E-state index contributed by atoms with van der Waals surface area (Å²) in [5.74, 6) is 2.16. The van der Waals surface area contributed by atoms with Gasteiger partial charge in [0.2, 0.25) is 0 Å². The van der Waals surface area contributed by atoms with Crippen LogP contribution in [0.4, 0.5) is 0 Å². The molecule has 1 N–H and O–H groups in total. The van der Waals surface area contributed by atoms with Crippen molar-refractivity contribution in [3.05, 3.63) is 63.1 Å². The molecule has 0 aromatic heterocycles. The molecule has 0 bridgehead atoms. The first-order valence-corrected chi connectivity index (χ1v) is 11.7. The Morgan fingerprint density at radius 3 is 2.59 bits per heavy atom. The molecule has 1 aliphatic rings. The van der Waals surface area contributed by atoms with E-state index in [9.17, 15) is 0 Å². The Hall–Kier alpha value is -1.22. The average Bonchev–Trinajstić information content (AvgIpc) is 2.74. The van der Waals surface area contributed by atoms with Gasteiger partial charge in [-0.05, 0) is 78.6 Å². The van der Waals surface area contributed by atoms with Gasteiger partial charge in [0, 0.05) is 6.04 Å². The van der Waals surface area contributed by atoms with E-state index in [4.69, 9.17) is 27.9 Å². The molecule has 29 heavy (non-hydrogen) atoms. The van der Waals surface area contributed by atoms with Gasteiger partial charge in [0.05, 0.1) is 17.2 Å². The molecule has 0 unspecified atom stereocenters. The summed E-state index contributed by atoms with van der Waals surface area (Å²) in [6.07, 6.45) is 6.99. The lowest BCUT2D eigenvalue weighted by Gasteiger charge is -2.40. The van der Waals surface area contributed by atoms with Crippen molar-refractivity contribution >= 4 is 23.2 Å². The topological polar surface area (TPSA) is 21.3 Å². The lowest BCUT2D eigenvalue weighted by molar-refractivity contribution is 0.265. The molecule has 4 heteroatoms. The summed E-state index contributed by atoms with van der Waals surface area (Å²) in [5, 5.41) is 5.18. The van der Waals surface area contributed by atoms with Gasteiger partial charge in [-0.1, -0.05) is 68.4 Å². The Labute approximate surface area is 185 Å². The molecule has 0 amide bonds. The highest BCUT2D eigenvalue weighted by Gasteiger charge is 2.35. The van der Waals surface area contributed by atoms with Gasteiger partial charge >= 0.3 is 0 Å². The minimum absolute atomic E-state index is 0.494. The van der Waals surface area contributed by atoms with E-state index in [1.54, 1.807) is 7.11 Å². The van der Waals surface area contributed by atoms with Gasteiger partial charge in [-0.3, -0.25) is 0 Å². The van der Waals surface area contributed by atoms with Crippen molar-refractivity contribution in [2.24, 2.45) is 5.92 Å². The van der Waals surface area contributed by atoms with E-state index in [1.807, 2.05) is 12.1 Å². The van der Waals surface area contributed by atoms with Crippen LogP contribution in [-0.2, 0) is 12.8 Å². The van der Waals surface area contributed by atoms with Gasteiger partial charge in [-0.15, -0.1) is 0 Å². The Morgan fingerprint density at radius 2 is 1.90 bits per heavy atom. The van der Waals surface area contributed by atoms with Crippen molar-refractivity contribution in [3.8, 4) is 5.75 Å². The van der Waals surface area contributed by atoms with Crippen LogP contribution in [0.15, 0.2) is 36.4 Å². The first kappa shape index (κ1) is 22.5. The summed E-state index contributed by atoms with van der Waals surface area (Å²) in [5.41, 5.74) is 4.21. The number of ether oxygens (including phenoxy) is 1. The van der Waals surface area contributed by atoms with Gasteiger partial charge < -0.3 is 10.1 Å². The standard InChI is InChI=1S/C25H33Cl2NO/c1-4-6-7-21-22-16-20(29-3)10-9-19(22)15-18(5-2)25(21)28-13-12-17-8-11-23(26)24(27)14-17/h8-11,14,16,18,21,25,28H,4-7,12-13,15H2,1-3H3/t18-,21+,25-/m0/s1. The molecule has 2 aromatic carbocycles. The fourth-order valence-electron chi connectivity index (χ4n) is 4.71. The fraction of sp³-hybridized carbons (Fsp3) is 0.520. The molecular formula is C25H33Cl2NO. The molecule has 0 aliphatic heterocycles. The molecular weight excluding hydrogens is 401 g/mol. The number of fused-ring (bicyclic) bond motifs is 1. The third-order valence-corrected chi connectivity index (χ3v) is 7.09. The molecule has 0 fully saturated rings. The predicted octanol–water partition coefficient (Wildman–Crippen LogP) is 7.06. The highest BCUT2D eigenvalue weighted by Crippen LogP contribution is 2.41. The maximum absolute atomic E-state index is 6.19. The van der Waals surface area contributed by atoms with Crippen molar-refractivity contribution in [2.75, 3.05) is 13.7 Å². The third-order valence-electron chi connectivity index (χ3n) is 6.35. The maximum atomic E-state index is 6.19. The van der Waals surface area contributed by atoms with Crippen molar-refractivity contribution in [3.63, 3.8) is 0 Å². The SMILES string of the molecule is CCCC[C@@H]1c2cc(OC)ccc2C[C@H](CC)[C@@H]1NCCc1ccc(Cl)c(Cl)c1. The van der Waals surface area contributed by atoms with Gasteiger partial charge in [0.1, 0.15) is 5.75 Å². The molecule has 3 rings (SSSR count). The number of rotatable bonds is 9.